The Morgan fingerprint density at radius 1 is 0.977 bits per heavy atom. The minimum Gasteiger partial charge on any atom is -0.493 e. The fourth-order valence-electron chi connectivity index (χ4n) is 7.46. The number of amides is 1. The van der Waals surface area contributed by atoms with Crippen molar-refractivity contribution in [3.05, 3.63) is 56.9 Å². The van der Waals surface area contributed by atoms with Crippen molar-refractivity contribution in [1.82, 2.24) is 9.80 Å². The van der Waals surface area contributed by atoms with Crippen LogP contribution in [0.25, 0.3) is 0 Å². The minimum atomic E-state index is -1.79. The van der Waals surface area contributed by atoms with E-state index in [-0.39, 0.29) is 35.4 Å². The van der Waals surface area contributed by atoms with E-state index in [9.17, 15) is 23.1 Å². The number of piperidine rings is 1. The summed E-state index contributed by atoms with van der Waals surface area (Å²) in [5.74, 6) is -3.16. The molecule has 5 rings (SSSR count). The molecule has 236 valence electrons. The van der Waals surface area contributed by atoms with E-state index in [1.165, 1.54) is 6.92 Å². The van der Waals surface area contributed by atoms with Gasteiger partial charge < -0.3 is 19.5 Å². The lowest BCUT2D eigenvalue weighted by Gasteiger charge is -2.46. The molecule has 2 aromatic rings. The first-order chi connectivity index (χ1) is 20.6. The molecule has 6 nitrogen and oxygen atoms in total. The van der Waals surface area contributed by atoms with Crippen molar-refractivity contribution in [1.29, 1.82) is 0 Å². The maximum absolute atomic E-state index is 14.7. The van der Waals surface area contributed by atoms with Gasteiger partial charge in [-0.3, -0.25) is 9.69 Å². The molecular weight excluding hydrogens is 581 g/mol. The summed E-state index contributed by atoms with van der Waals surface area (Å²) >= 11 is 6.26. The first-order valence-corrected chi connectivity index (χ1v) is 15.9. The number of halogens is 4. The van der Waals surface area contributed by atoms with Crippen LogP contribution in [-0.4, -0.2) is 54.7 Å². The molecule has 43 heavy (non-hydrogen) atoms. The van der Waals surface area contributed by atoms with Crippen molar-refractivity contribution < 1.29 is 32.5 Å². The summed E-state index contributed by atoms with van der Waals surface area (Å²) < 4.78 is 54.8. The number of aliphatic hydroxyl groups is 1. The van der Waals surface area contributed by atoms with Crippen molar-refractivity contribution in [2.75, 3.05) is 33.9 Å². The number of carbonyl (C=O) groups is 1. The third-order valence-electron chi connectivity index (χ3n) is 9.79. The van der Waals surface area contributed by atoms with Crippen LogP contribution in [0.2, 0.25) is 5.02 Å². The molecule has 0 radical (unpaired) electrons. The van der Waals surface area contributed by atoms with Gasteiger partial charge in [0.15, 0.2) is 29.0 Å². The van der Waals surface area contributed by atoms with E-state index in [0.29, 0.717) is 50.4 Å². The van der Waals surface area contributed by atoms with Crippen molar-refractivity contribution in [3.8, 4) is 11.5 Å². The van der Waals surface area contributed by atoms with E-state index < -0.39 is 28.2 Å². The smallest absolute Gasteiger partial charge is 0.226 e. The van der Waals surface area contributed by atoms with Crippen LogP contribution in [-0.2, 0) is 16.9 Å². The maximum Gasteiger partial charge on any atom is 0.226 e. The molecule has 2 atom stereocenters. The summed E-state index contributed by atoms with van der Waals surface area (Å²) in [7, 11) is 3.18. The Morgan fingerprint density at radius 3 is 2.33 bits per heavy atom. The van der Waals surface area contributed by atoms with Crippen molar-refractivity contribution in [3.63, 3.8) is 0 Å². The highest BCUT2D eigenvalue weighted by molar-refractivity contribution is 6.31. The van der Waals surface area contributed by atoms with E-state index in [1.54, 1.807) is 19.1 Å². The summed E-state index contributed by atoms with van der Waals surface area (Å²) in [4.78, 5) is 17.8. The molecular formula is C33H42ClF3N2O4. The van der Waals surface area contributed by atoms with Crippen molar-refractivity contribution >= 4 is 17.5 Å². The highest BCUT2D eigenvalue weighted by Crippen LogP contribution is 2.45. The number of nitrogens with zero attached hydrogens (tertiary/aromatic N) is 2. The zero-order valence-corrected chi connectivity index (χ0v) is 26.0. The van der Waals surface area contributed by atoms with Gasteiger partial charge in [0.25, 0.3) is 0 Å². The molecule has 1 amide bonds. The van der Waals surface area contributed by atoms with E-state index >= 15 is 0 Å². The second kappa shape index (κ2) is 13.2. The van der Waals surface area contributed by atoms with Gasteiger partial charge in [-0.15, -0.1) is 0 Å². The summed E-state index contributed by atoms with van der Waals surface area (Å²) in [5, 5.41) is 11.5. The number of hydrogen-bond donors (Lipinski definition) is 1. The lowest BCUT2D eigenvalue weighted by atomic mass is 9.85. The number of methoxy groups -OCH3 is 2. The molecule has 2 fully saturated rings. The predicted molar refractivity (Wildman–Crippen MR) is 159 cm³/mol. The summed E-state index contributed by atoms with van der Waals surface area (Å²) in [5.41, 5.74) is -0.0852. The number of fused-ring (bicyclic) bond motifs is 1. The van der Waals surface area contributed by atoms with Gasteiger partial charge in [0, 0.05) is 31.1 Å². The molecule has 2 aliphatic heterocycles. The lowest BCUT2D eigenvalue weighted by molar-refractivity contribution is -0.146. The summed E-state index contributed by atoms with van der Waals surface area (Å²) in [6, 6.07) is 3.61. The van der Waals surface area contributed by atoms with Crippen LogP contribution in [0.4, 0.5) is 13.2 Å². The largest absolute Gasteiger partial charge is 0.493 e. The Bertz CT molecular complexity index is 1320. The molecule has 3 aliphatic rings. The molecule has 0 spiro atoms. The normalized spacial score (nSPS) is 23.5. The Balaban J connectivity index is 1.50. The Kier molecular flexibility index (Phi) is 9.83. The molecule has 0 aromatic heterocycles. The molecule has 2 aromatic carbocycles. The van der Waals surface area contributed by atoms with Crippen LogP contribution >= 0.6 is 11.6 Å². The highest BCUT2D eigenvalue weighted by atomic mass is 35.5. The third-order valence-corrected chi connectivity index (χ3v) is 10.1. The number of hydrogen-bond acceptors (Lipinski definition) is 5. The van der Waals surface area contributed by atoms with E-state index in [2.05, 4.69) is 0 Å². The van der Waals surface area contributed by atoms with E-state index in [0.717, 1.165) is 56.1 Å². The van der Waals surface area contributed by atoms with E-state index in [1.807, 2.05) is 17.0 Å². The van der Waals surface area contributed by atoms with Gasteiger partial charge in [-0.25, -0.2) is 13.2 Å². The Morgan fingerprint density at radius 2 is 1.65 bits per heavy atom. The van der Waals surface area contributed by atoms with Crippen LogP contribution < -0.4 is 9.47 Å². The number of rotatable bonds is 7. The quantitative estimate of drug-likeness (QED) is 0.201. The highest BCUT2D eigenvalue weighted by Gasteiger charge is 2.44. The van der Waals surface area contributed by atoms with Crippen molar-refractivity contribution in [2.24, 2.45) is 5.92 Å². The fourth-order valence-corrected chi connectivity index (χ4v) is 7.83. The Labute approximate surface area is 257 Å². The van der Waals surface area contributed by atoms with Crippen LogP contribution in [0, 0.1) is 30.3 Å². The lowest BCUT2D eigenvalue weighted by Crippen LogP contribution is -2.52. The zero-order valence-electron chi connectivity index (χ0n) is 25.3. The molecule has 1 N–H and O–H groups in total. The maximum atomic E-state index is 14.7. The Hall–Kier alpha value is -2.49. The first-order valence-electron chi connectivity index (χ1n) is 15.5. The second-order valence-corrected chi connectivity index (χ2v) is 12.6. The van der Waals surface area contributed by atoms with Gasteiger partial charge in [-0.05, 0) is 80.7 Å². The molecule has 2 unspecified atom stereocenters. The number of carbonyl (C=O) groups excluding carboxylic acids is 1. The number of benzene rings is 2. The third kappa shape index (κ3) is 5.97. The average molecular weight is 623 g/mol. The van der Waals surface area contributed by atoms with Gasteiger partial charge in [-0.2, -0.15) is 0 Å². The van der Waals surface area contributed by atoms with Gasteiger partial charge in [0.05, 0.1) is 25.3 Å². The minimum absolute atomic E-state index is 0.0229. The van der Waals surface area contributed by atoms with Crippen LogP contribution in [0.5, 0.6) is 11.5 Å². The first kappa shape index (κ1) is 31.9. The van der Waals surface area contributed by atoms with Gasteiger partial charge in [0.1, 0.15) is 5.72 Å². The van der Waals surface area contributed by atoms with Gasteiger partial charge in [0.2, 0.25) is 5.91 Å². The second-order valence-electron chi connectivity index (χ2n) is 12.2. The monoisotopic (exact) mass is 622 g/mol. The van der Waals surface area contributed by atoms with E-state index in [4.69, 9.17) is 21.1 Å². The number of likely N-dealkylation sites (tertiary alicyclic amines) is 1. The van der Waals surface area contributed by atoms with Crippen LogP contribution in [0.1, 0.15) is 92.5 Å². The molecule has 1 saturated heterocycles. The van der Waals surface area contributed by atoms with Crippen LogP contribution in [0.3, 0.4) is 0 Å². The molecule has 10 heteroatoms. The topological polar surface area (TPSA) is 62.2 Å². The summed E-state index contributed by atoms with van der Waals surface area (Å²) in [6.45, 7) is 2.65. The average Bonchev–Trinajstić information content (AvgIpc) is 3.31. The van der Waals surface area contributed by atoms with Gasteiger partial charge >= 0.3 is 0 Å². The SMILES string of the molecule is COc1cc2c(cc1OC)C(CCN1CCCCC1(O)c1c(C)c(F)c(F)c(F)c1Cl)N(C(=O)C1CCCCCC1)CC2. The van der Waals surface area contributed by atoms with Crippen LogP contribution in [0.15, 0.2) is 12.1 Å². The summed E-state index contributed by atoms with van der Waals surface area (Å²) in [6.07, 6.45) is 8.85. The number of ether oxygens (including phenoxy) is 2. The molecule has 0 bridgehead atoms. The molecule has 1 aliphatic carbocycles. The molecule has 2 heterocycles. The standard InChI is InChI=1S/C33H42ClF3N2O4/c1-20-27(28(34)30(36)31(37)29(20)35)33(41)14-8-9-15-38(33)16-13-24-23-19-26(43-3)25(42-2)18-22(23)12-17-39(24)32(40)21-10-6-4-5-7-11-21/h18-19,21,24,41H,4-17H2,1-3H3. The molecule has 1 saturated carbocycles. The zero-order chi connectivity index (χ0) is 30.9. The van der Waals surface area contributed by atoms with Gasteiger partial charge in [-0.1, -0.05) is 37.3 Å². The van der Waals surface area contributed by atoms with Crippen molar-refractivity contribution in [2.45, 2.75) is 89.3 Å². The predicted octanol–water partition coefficient (Wildman–Crippen LogP) is 7.20. The fraction of sp³-hybridized carbons (Fsp3) is 0.606.